The van der Waals surface area contributed by atoms with Crippen LogP contribution >= 0.6 is 11.6 Å². The molecule has 0 saturated carbocycles. The van der Waals surface area contributed by atoms with Crippen molar-refractivity contribution in [3.63, 3.8) is 0 Å². The van der Waals surface area contributed by atoms with E-state index in [1.54, 1.807) is 0 Å². The summed E-state index contributed by atoms with van der Waals surface area (Å²) < 4.78 is 5.26. The Hall–Kier alpha value is -0.680. The van der Waals surface area contributed by atoms with Crippen LogP contribution in [0, 0.1) is 16.7 Å². The molecule has 0 aliphatic heterocycles. The van der Waals surface area contributed by atoms with E-state index in [1.165, 1.54) is 64.2 Å². The standard InChI is InChI=1S/C20H35ClO2/c1-20(2,3)19(22)23-18-16-14-12-10-8-6-4-5-7-9-11-13-15-17-21/h4-14,16,18H2,1-3H3. The van der Waals surface area contributed by atoms with Crippen molar-refractivity contribution in [3.8, 4) is 11.3 Å². The molecule has 0 saturated heterocycles. The van der Waals surface area contributed by atoms with E-state index < -0.39 is 0 Å². The van der Waals surface area contributed by atoms with Crippen LogP contribution in [0.25, 0.3) is 0 Å². The minimum atomic E-state index is -0.377. The fraction of sp³-hybridized carbons (Fsp3) is 0.850. The molecule has 0 aromatic heterocycles. The van der Waals surface area contributed by atoms with Crippen LogP contribution in [0.3, 0.4) is 0 Å². The van der Waals surface area contributed by atoms with Gasteiger partial charge in [0.2, 0.25) is 0 Å². The van der Waals surface area contributed by atoms with Crippen molar-refractivity contribution in [1.82, 2.24) is 0 Å². The third-order valence-corrected chi connectivity index (χ3v) is 3.99. The lowest BCUT2D eigenvalue weighted by molar-refractivity contribution is -0.153. The molecule has 0 aliphatic rings. The first kappa shape index (κ1) is 22.3. The molecule has 3 heteroatoms. The van der Waals surface area contributed by atoms with E-state index in [0.717, 1.165) is 12.8 Å². The normalized spacial score (nSPS) is 11.0. The zero-order valence-corrected chi connectivity index (χ0v) is 16.1. The molecule has 0 fully saturated rings. The molecule has 2 nitrogen and oxygen atoms in total. The van der Waals surface area contributed by atoms with Gasteiger partial charge in [-0.05, 0) is 45.2 Å². The van der Waals surface area contributed by atoms with Gasteiger partial charge in [0.05, 0.1) is 12.0 Å². The van der Waals surface area contributed by atoms with E-state index in [4.69, 9.17) is 16.3 Å². The topological polar surface area (TPSA) is 26.3 Å². The Morgan fingerprint density at radius 1 is 0.826 bits per heavy atom. The monoisotopic (exact) mass is 342 g/mol. The smallest absolute Gasteiger partial charge is 0.311 e. The lowest BCUT2D eigenvalue weighted by Crippen LogP contribution is -2.23. The minimum Gasteiger partial charge on any atom is -0.465 e. The number of carbonyl (C=O) groups is 1. The Balaban J connectivity index is 3.16. The van der Waals surface area contributed by atoms with Crippen LogP contribution in [0.15, 0.2) is 0 Å². The Kier molecular flexibility index (Phi) is 14.4. The second-order valence-corrected chi connectivity index (χ2v) is 7.49. The molecule has 0 radical (unpaired) electrons. The van der Waals surface area contributed by atoms with Crippen molar-refractivity contribution in [1.29, 1.82) is 0 Å². The summed E-state index contributed by atoms with van der Waals surface area (Å²) in [5.41, 5.74) is -0.377. The molecule has 0 rings (SSSR count). The molecular weight excluding hydrogens is 308 g/mol. The average molecular weight is 343 g/mol. The summed E-state index contributed by atoms with van der Waals surface area (Å²) >= 11 is 5.30. The molecule has 0 spiro atoms. The van der Waals surface area contributed by atoms with Crippen LogP contribution < -0.4 is 0 Å². The number of hydrogen-bond donors (Lipinski definition) is 0. The van der Waals surface area contributed by atoms with Crippen molar-refractivity contribution in [2.75, 3.05) is 6.61 Å². The third-order valence-electron chi connectivity index (χ3n) is 3.86. The Bertz CT molecular complexity index is 347. The summed E-state index contributed by atoms with van der Waals surface area (Å²) in [4.78, 5) is 11.6. The maximum atomic E-state index is 11.6. The molecule has 0 unspecified atom stereocenters. The van der Waals surface area contributed by atoms with Crippen LogP contribution in [-0.4, -0.2) is 12.6 Å². The number of ether oxygens (including phenoxy) is 1. The molecule has 23 heavy (non-hydrogen) atoms. The fourth-order valence-corrected chi connectivity index (χ4v) is 2.43. The molecule has 0 N–H and O–H groups in total. The van der Waals surface area contributed by atoms with Crippen molar-refractivity contribution in [2.24, 2.45) is 5.41 Å². The molecule has 0 aliphatic carbocycles. The highest BCUT2D eigenvalue weighted by Crippen LogP contribution is 2.16. The van der Waals surface area contributed by atoms with Gasteiger partial charge in [-0.25, -0.2) is 0 Å². The number of esters is 1. The van der Waals surface area contributed by atoms with Crippen LogP contribution in [-0.2, 0) is 9.53 Å². The van der Waals surface area contributed by atoms with Crippen molar-refractivity contribution in [2.45, 2.75) is 97.8 Å². The first-order valence-corrected chi connectivity index (χ1v) is 9.62. The van der Waals surface area contributed by atoms with Gasteiger partial charge in [-0.2, -0.15) is 0 Å². The fourth-order valence-electron chi connectivity index (χ4n) is 2.34. The lowest BCUT2D eigenvalue weighted by Gasteiger charge is -2.16. The van der Waals surface area contributed by atoms with E-state index in [9.17, 15) is 4.79 Å². The largest absolute Gasteiger partial charge is 0.465 e. The number of unbranched alkanes of at least 4 members (excludes halogenated alkanes) is 11. The Morgan fingerprint density at radius 2 is 1.26 bits per heavy atom. The summed E-state index contributed by atoms with van der Waals surface area (Å²) in [5.74, 6) is 2.80. The summed E-state index contributed by atoms with van der Waals surface area (Å²) in [5, 5.41) is 2.42. The van der Waals surface area contributed by atoms with Crippen LogP contribution in [0.1, 0.15) is 97.8 Å². The minimum absolute atomic E-state index is 0.0906. The summed E-state index contributed by atoms with van der Waals surface area (Å²) in [6, 6.07) is 0. The SMILES string of the molecule is CC(C)(C)C(=O)OCCCCCCCCCCCCCC#CCl. The molecule has 134 valence electrons. The molecule has 0 aromatic rings. The quantitative estimate of drug-likeness (QED) is 0.218. The van der Waals surface area contributed by atoms with Crippen LogP contribution in [0.5, 0.6) is 0 Å². The maximum absolute atomic E-state index is 11.6. The molecule has 0 amide bonds. The third kappa shape index (κ3) is 16.0. The molecule has 0 heterocycles. The highest BCUT2D eigenvalue weighted by atomic mass is 35.5. The van der Waals surface area contributed by atoms with Gasteiger partial charge in [-0.1, -0.05) is 63.7 Å². The summed E-state index contributed by atoms with van der Waals surface area (Å²) in [6.07, 6.45) is 14.8. The highest BCUT2D eigenvalue weighted by molar-refractivity contribution is 6.30. The van der Waals surface area contributed by atoms with E-state index in [2.05, 4.69) is 11.3 Å². The van der Waals surface area contributed by atoms with Crippen LogP contribution in [0.4, 0.5) is 0 Å². The first-order valence-electron chi connectivity index (χ1n) is 9.24. The number of carbonyl (C=O) groups excluding carboxylic acids is 1. The predicted molar refractivity (Wildman–Crippen MR) is 99.4 cm³/mol. The van der Waals surface area contributed by atoms with E-state index in [1.807, 2.05) is 20.8 Å². The van der Waals surface area contributed by atoms with Gasteiger partial charge in [0.15, 0.2) is 0 Å². The number of halogens is 1. The molecular formula is C20H35ClO2. The van der Waals surface area contributed by atoms with Gasteiger partial charge in [0.25, 0.3) is 0 Å². The van der Waals surface area contributed by atoms with Crippen LogP contribution in [0.2, 0.25) is 0 Å². The predicted octanol–water partition coefficient (Wildman–Crippen LogP) is 6.46. The van der Waals surface area contributed by atoms with Crippen molar-refractivity contribution < 1.29 is 9.53 Å². The zero-order chi connectivity index (χ0) is 17.4. The number of hydrogen-bond acceptors (Lipinski definition) is 2. The Labute approximate surface area is 148 Å². The van der Waals surface area contributed by atoms with Crippen molar-refractivity contribution >= 4 is 17.6 Å². The summed E-state index contributed by atoms with van der Waals surface area (Å²) in [7, 11) is 0. The van der Waals surface area contributed by atoms with Gasteiger partial charge in [0, 0.05) is 11.8 Å². The maximum Gasteiger partial charge on any atom is 0.311 e. The lowest BCUT2D eigenvalue weighted by atomic mass is 9.97. The second-order valence-electron chi connectivity index (χ2n) is 7.30. The van der Waals surface area contributed by atoms with Gasteiger partial charge >= 0.3 is 5.97 Å². The zero-order valence-electron chi connectivity index (χ0n) is 15.4. The highest BCUT2D eigenvalue weighted by Gasteiger charge is 2.22. The second kappa shape index (κ2) is 14.9. The first-order chi connectivity index (χ1) is 11.0. The van der Waals surface area contributed by atoms with Gasteiger partial charge in [-0.3, -0.25) is 4.79 Å². The molecule has 0 atom stereocenters. The Morgan fingerprint density at radius 3 is 1.70 bits per heavy atom. The van der Waals surface area contributed by atoms with E-state index in [0.29, 0.717) is 6.61 Å². The van der Waals surface area contributed by atoms with Crippen molar-refractivity contribution in [3.05, 3.63) is 0 Å². The van der Waals surface area contributed by atoms with E-state index >= 15 is 0 Å². The van der Waals surface area contributed by atoms with Gasteiger partial charge in [0.1, 0.15) is 0 Å². The van der Waals surface area contributed by atoms with Gasteiger partial charge < -0.3 is 4.74 Å². The molecule has 0 bridgehead atoms. The average Bonchev–Trinajstić information content (AvgIpc) is 2.50. The summed E-state index contributed by atoms with van der Waals surface area (Å²) in [6.45, 7) is 6.25. The van der Waals surface area contributed by atoms with E-state index in [-0.39, 0.29) is 11.4 Å². The molecule has 0 aromatic carbocycles. The van der Waals surface area contributed by atoms with Gasteiger partial charge in [-0.15, -0.1) is 0 Å². The number of rotatable bonds is 13.